The van der Waals surface area contributed by atoms with E-state index in [2.05, 4.69) is 24.3 Å². The molecule has 0 unspecified atom stereocenters. The zero-order chi connectivity index (χ0) is 13.9. The van der Waals surface area contributed by atoms with Crippen LogP contribution in [0.1, 0.15) is 24.8 Å². The molecule has 1 aromatic rings. The van der Waals surface area contributed by atoms with Gasteiger partial charge in [-0.05, 0) is 51.1 Å². The maximum atomic E-state index is 9.74. The van der Waals surface area contributed by atoms with Gasteiger partial charge >= 0.3 is 0 Å². The molecule has 0 radical (unpaired) electrons. The minimum Gasteiger partial charge on any atom is -0.504 e. The second-order valence-electron chi connectivity index (χ2n) is 5.58. The van der Waals surface area contributed by atoms with Crippen molar-refractivity contribution < 1.29 is 9.84 Å². The molecule has 0 amide bonds. The van der Waals surface area contributed by atoms with E-state index in [4.69, 9.17) is 4.74 Å². The summed E-state index contributed by atoms with van der Waals surface area (Å²) in [6.07, 6.45) is 3.85. The molecule has 1 aliphatic carbocycles. The monoisotopic (exact) mass is 264 g/mol. The maximum absolute atomic E-state index is 9.74. The van der Waals surface area contributed by atoms with Crippen LogP contribution in [-0.4, -0.2) is 43.3 Å². The van der Waals surface area contributed by atoms with Crippen LogP contribution in [0.4, 0.5) is 0 Å². The van der Waals surface area contributed by atoms with Crippen molar-refractivity contribution in [3.05, 3.63) is 23.8 Å². The molecular formula is C15H24N2O2. The Kier molecular flexibility index (Phi) is 4.32. The maximum Gasteiger partial charge on any atom is 0.160 e. The van der Waals surface area contributed by atoms with E-state index in [-0.39, 0.29) is 5.75 Å². The Morgan fingerprint density at radius 2 is 2.11 bits per heavy atom. The molecule has 0 spiro atoms. The summed E-state index contributed by atoms with van der Waals surface area (Å²) in [5.74, 6) is 0.722. The smallest absolute Gasteiger partial charge is 0.160 e. The highest BCUT2D eigenvalue weighted by Crippen LogP contribution is 2.35. The van der Waals surface area contributed by atoms with Crippen LogP contribution in [-0.2, 0) is 6.54 Å². The normalized spacial score (nSPS) is 17.3. The fourth-order valence-corrected chi connectivity index (χ4v) is 2.65. The third-order valence-electron chi connectivity index (χ3n) is 4.26. The van der Waals surface area contributed by atoms with E-state index in [0.717, 1.165) is 18.7 Å². The number of phenolic OH excluding ortho intramolecular Hbond substituents is 1. The molecular weight excluding hydrogens is 240 g/mol. The fourth-order valence-electron chi connectivity index (χ4n) is 2.65. The summed E-state index contributed by atoms with van der Waals surface area (Å²) in [6.45, 7) is 1.76. The van der Waals surface area contributed by atoms with Gasteiger partial charge in [-0.1, -0.05) is 6.07 Å². The summed E-state index contributed by atoms with van der Waals surface area (Å²) in [6, 6.07) is 5.54. The number of likely N-dealkylation sites (N-methyl/N-ethyl adjacent to an activating group) is 1. The average molecular weight is 264 g/mol. The van der Waals surface area contributed by atoms with Crippen LogP contribution in [0.15, 0.2) is 18.2 Å². The van der Waals surface area contributed by atoms with Crippen molar-refractivity contribution in [3.63, 3.8) is 0 Å². The Labute approximate surface area is 115 Å². The third-order valence-corrected chi connectivity index (χ3v) is 4.26. The molecule has 1 fully saturated rings. The van der Waals surface area contributed by atoms with Crippen LogP contribution in [0.3, 0.4) is 0 Å². The largest absolute Gasteiger partial charge is 0.504 e. The lowest BCUT2D eigenvalue weighted by Crippen LogP contribution is -2.56. The van der Waals surface area contributed by atoms with Crippen LogP contribution in [0.5, 0.6) is 11.5 Å². The van der Waals surface area contributed by atoms with Crippen LogP contribution < -0.4 is 10.1 Å². The lowest BCUT2D eigenvalue weighted by molar-refractivity contribution is 0.0598. The first kappa shape index (κ1) is 14.2. The summed E-state index contributed by atoms with van der Waals surface area (Å²) in [5, 5.41) is 13.2. The van der Waals surface area contributed by atoms with Gasteiger partial charge in [-0.25, -0.2) is 0 Å². The summed E-state index contributed by atoms with van der Waals surface area (Å²) >= 11 is 0. The molecule has 0 atom stereocenters. The molecule has 4 nitrogen and oxygen atoms in total. The van der Waals surface area contributed by atoms with Gasteiger partial charge in [-0.3, -0.25) is 0 Å². The highest BCUT2D eigenvalue weighted by molar-refractivity contribution is 5.41. The molecule has 0 aliphatic heterocycles. The SMILES string of the molecule is COc1ccc(CNCC2(N(C)C)CCC2)cc1O. The number of ether oxygens (including phenoxy) is 1. The second-order valence-corrected chi connectivity index (χ2v) is 5.58. The summed E-state index contributed by atoms with van der Waals surface area (Å²) < 4.78 is 5.04. The molecule has 1 saturated carbocycles. The molecule has 1 aromatic carbocycles. The number of benzene rings is 1. The Hall–Kier alpha value is -1.26. The van der Waals surface area contributed by atoms with Gasteiger partial charge < -0.3 is 20.1 Å². The number of rotatable bonds is 6. The molecule has 2 rings (SSSR count). The molecule has 0 heterocycles. The third kappa shape index (κ3) is 3.01. The fraction of sp³-hybridized carbons (Fsp3) is 0.600. The van der Waals surface area contributed by atoms with Gasteiger partial charge in [0, 0.05) is 18.6 Å². The Balaban J connectivity index is 1.87. The highest BCUT2D eigenvalue weighted by Gasteiger charge is 2.38. The minimum absolute atomic E-state index is 0.202. The number of methoxy groups -OCH3 is 1. The van der Waals surface area contributed by atoms with Crippen molar-refractivity contribution >= 4 is 0 Å². The van der Waals surface area contributed by atoms with Gasteiger partial charge in [0.1, 0.15) is 0 Å². The van der Waals surface area contributed by atoms with Crippen molar-refractivity contribution in [2.45, 2.75) is 31.3 Å². The summed E-state index contributed by atoms with van der Waals surface area (Å²) in [4.78, 5) is 2.33. The number of nitrogens with zero attached hydrogens (tertiary/aromatic N) is 1. The first-order valence-corrected chi connectivity index (χ1v) is 6.81. The molecule has 4 heteroatoms. The number of aromatic hydroxyl groups is 1. The Morgan fingerprint density at radius 3 is 2.58 bits per heavy atom. The van der Waals surface area contributed by atoms with Gasteiger partial charge in [0.05, 0.1) is 7.11 Å². The Morgan fingerprint density at radius 1 is 1.37 bits per heavy atom. The number of hydrogen-bond acceptors (Lipinski definition) is 4. The standard InChI is InChI=1S/C15H24N2O2/c1-17(2)15(7-4-8-15)11-16-10-12-5-6-14(19-3)13(18)9-12/h5-6,9,16,18H,4,7-8,10-11H2,1-3H3. The molecule has 0 aromatic heterocycles. The van der Waals surface area contributed by atoms with Crippen LogP contribution in [0.25, 0.3) is 0 Å². The van der Waals surface area contributed by atoms with E-state index in [1.54, 1.807) is 19.2 Å². The van der Waals surface area contributed by atoms with Crippen molar-refractivity contribution in [1.29, 1.82) is 0 Å². The van der Waals surface area contributed by atoms with E-state index in [0.29, 0.717) is 11.3 Å². The van der Waals surface area contributed by atoms with Crippen LogP contribution in [0.2, 0.25) is 0 Å². The first-order valence-electron chi connectivity index (χ1n) is 6.81. The lowest BCUT2D eigenvalue weighted by atomic mass is 9.75. The minimum atomic E-state index is 0.202. The highest BCUT2D eigenvalue weighted by atomic mass is 16.5. The summed E-state index contributed by atoms with van der Waals surface area (Å²) in [7, 11) is 5.87. The molecule has 106 valence electrons. The van der Waals surface area contributed by atoms with Gasteiger partial charge in [-0.2, -0.15) is 0 Å². The van der Waals surface area contributed by atoms with E-state index in [1.807, 2.05) is 6.07 Å². The average Bonchev–Trinajstić information content (AvgIpc) is 2.32. The number of nitrogens with one attached hydrogen (secondary N) is 1. The zero-order valence-corrected chi connectivity index (χ0v) is 12.1. The number of hydrogen-bond donors (Lipinski definition) is 2. The molecule has 1 aliphatic rings. The van der Waals surface area contributed by atoms with Crippen LogP contribution in [0, 0.1) is 0 Å². The van der Waals surface area contributed by atoms with Crippen LogP contribution >= 0.6 is 0 Å². The lowest BCUT2D eigenvalue weighted by Gasteiger charge is -2.47. The van der Waals surface area contributed by atoms with Crippen molar-refractivity contribution in [1.82, 2.24) is 10.2 Å². The predicted molar refractivity (Wildman–Crippen MR) is 76.6 cm³/mol. The first-order chi connectivity index (χ1) is 9.07. The van der Waals surface area contributed by atoms with Gasteiger partial charge in [-0.15, -0.1) is 0 Å². The topological polar surface area (TPSA) is 44.7 Å². The van der Waals surface area contributed by atoms with Gasteiger partial charge in [0.2, 0.25) is 0 Å². The van der Waals surface area contributed by atoms with Gasteiger partial charge in [0.25, 0.3) is 0 Å². The Bertz CT molecular complexity index is 428. The van der Waals surface area contributed by atoms with E-state index < -0.39 is 0 Å². The molecule has 0 saturated heterocycles. The van der Waals surface area contributed by atoms with E-state index >= 15 is 0 Å². The number of phenols is 1. The van der Waals surface area contributed by atoms with Crippen molar-refractivity contribution in [2.75, 3.05) is 27.7 Å². The molecule has 0 bridgehead atoms. The quantitative estimate of drug-likeness (QED) is 0.824. The molecule has 2 N–H and O–H groups in total. The van der Waals surface area contributed by atoms with Crippen molar-refractivity contribution in [2.24, 2.45) is 0 Å². The zero-order valence-electron chi connectivity index (χ0n) is 12.1. The van der Waals surface area contributed by atoms with Gasteiger partial charge in [0.15, 0.2) is 11.5 Å². The van der Waals surface area contributed by atoms with Crippen molar-refractivity contribution in [3.8, 4) is 11.5 Å². The molecule has 19 heavy (non-hydrogen) atoms. The van der Waals surface area contributed by atoms with E-state index in [9.17, 15) is 5.11 Å². The predicted octanol–water partition coefficient (Wildman–Crippen LogP) is 1.97. The summed E-state index contributed by atoms with van der Waals surface area (Å²) in [5.41, 5.74) is 1.40. The second kappa shape index (κ2) is 5.80. The van der Waals surface area contributed by atoms with E-state index in [1.165, 1.54) is 19.3 Å².